The maximum absolute atomic E-state index is 12.7. The van der Waals surface area contributed by atoms with Gasteiger partial charge in [-0.15, -0.1) is 0 Å². The Kier molecular flexibility index (Phi) is 6.84. The fourth-order valence-electron chi connectivity index (χ4n) is 3.98. The number of rotatable bonds is 8. The second-order valence-electron chi connectivity index (χ2n) is 8.08. The number of benzene rings is 2. The molecule has 0 bridgehead atoms. The van der Waals surface area contributed by atoms with Crippen LogP contribution in [0.2, 0.25) is 0 Å². The van der Waals surface area contributed by atoms with Crippen LogP contribution in [0.3, 0.4) is 0 Å². The summed E-state index contributed by atoms with van der Waals surface area (Å²) in [6.07, 6.45) is 2.74. The van der Waals surface area contributed by atoms with E-state index in [1.165, 1.54) is 0 Å². The highest BCUT2D eigenvalue weighted by Gasteiger charge is 2.15. The normalized spacial score (nSPS) is 11.1. The van der Waals surface area contributed by atoms with Gasteiger partial charge < -0.3 is 10.3 Å². The summed E-state index contributed by atoms with van der Waals surface area (Å²) in [4.78, 5) is 28.3. The second kappa shape index (κ2) is 9.95. The van der Waals surface area contributed by atoms with Gasteiger partial charge in [-0.2, -0.15) is 5.10 Å². The lowest BCUT2D eigenvalue weighted by Gasteiger charge is -2.09. The third kappa shape index (κ3) is 4.96. The van der Waals surface area contributed by atoms with Crippen LogP contribution < -0.4 is 10.9 Å². The van der Waals surface area contributed by atoms with Gasteiger partial charge in [0.25, 0.3) is 5.56 Å². The first-order chi connectivity index (χ1) is 16.0. The number of carbonyl (C=O) groups is 1. The molecule has 170 valence electrons. The number of hydrogen-bond acceptors (Lipinski definition) is 4. The Balaban J connectivity index is 1.31. The van der Waals surface area contributed by atoms with Crippen molar-refractivity contribution in [1.29, 1.82) is 0 Å². The molecule has 2 aromatic heterocycles. The van der Waals surface area contributed by atoms with Gasteiger partial charge in [-0.1, -0.05) is 36.8 Å². The van der Waals surface area contributed by atoms with Crippen LogP contribution in [-0.2, 0) is 11.3 Å². The van der Waals surface area contributed by atoms with Crippen molar-refractivity contribution in [3.63, 3.8) is 0 Å². The number of nitrogens with one attached hydrogen (secondary N) is 2. The number of aromatic amines is 1. The average Bonchev–Trinajstić information content (AvgIpc) is 3.09. The first kappa shape index (κ1) is 22.7. The molecule has 1 amide bonds. The second-order valence-corrected chi connectivity index (χ2v) is 8.47. The molecule has 2 N–H and O–H groups in total. The van der Waals surface area contributed by atoms with Gasteiger partial charge in [-0.05, 0) is 63.2 Å². The number of para-hydroxylation sites is 2. The van der Waals surface area contributed by atoms with Gasteiger partial charge in [0.05, 0.1) is 33.7 Å². The highest BCUT2D eigenvalue weighted by molar-refractivity contribution is 7.71. The number of carbonyl (C=O) groups excluding carboxylic acids is 1. The van der Waals surface area contributed by atoms with Crippen molar-refractivity contribution in [2.75, 3.05) is 5.32 Å². The van der Waals surface area contributed by atoms with Gasteiger partial charge in [0.15, 0.2) is 4.77 Å². The summed E-state index contributed by atoms with van der Waals surface area (Å²) in [7, 11) is 0. The molecule has 2 heterocycles. The summed E-state index contributed by atoms with van der Waals surface area (Å²) >= 11 is 5.36. The monoisotopic (exact) mass is 461 g/mol. The highest BCUT2D eigenvalue weighted by atomic mass is 32.1. The molecule has 0 spiro atoms. The number of unbranched alkanes of at least 4 members (excludes halogenated alkanes) is 2. The summed E-state index contributed by atoms with van der Waals surface area (Å²) in [6.45, 7) is 4.38. The lowest BCUT2D eigenvalue weighted by atomic mass is 10.1. The standard InChI is InChI=1S/C25H27N5O2S/c1-17-23(18(2)30(28-17)19-11-5-3-6-12-19)27-22(31)15-7-4-10-16-29-24(32)20-13-8-9-14-21(20)26-25(29)33/h3,5-6,8-9,11-14H,4,7,10,15-16H2,1-2H3,(H,26,33)(H,27,31). The van der Waals surface area contributed by atoms with E-state index in [0.29, 0.717) is 23.1 Å². The smallest absolute Gasteiger partial charge is 0.262 e. The Morgan fingerprint density at radius 2 is 1.76 bits per heavy atom. The lowest BCUT2D eigenvalue weighted by molar-refractivity contribution is -0.116. The maximum Gasteiger partial charge on any atom is 0.262 e. The van der Waals surface area contributed by atoms with E-state index in [9.17, 15) is 9.59 Å². The Bertz CT molecular complexity index is 1400. The van der Waals surface area contributed by atoms with Crippen LogP contribution in [0.25, 0.3) is 16.6 Å². The molecule has 0 saturated heterocycles. The zero-order chi connectivity index (χ0) is 23.4. The number of aromatic nitrogens is 4. The van der Waals surface area contributed by atoms with E-state index in [-0.39, 0.29) is 11.5 Å². The number of aryl methyl sites for hydroxylation is 1. The molecule has 4 aromatic rings. The summed E-state index contributed by atoms with van der Waals surface area (Å²) in [5.41, 5.74) is 4.08. The fourth-order valence-corrected chi connectivity index (χ4v) is 4.26. The SMILES string of the molecule is Cc1nn(-c2ccccc2)c(C)c1NC(=O)CCCCCn1c(=S)[nH]c2ccccc2c1=O. The molecule has 0 radical (unpaired) electrons. The molecule has 0 saturated carbocycles. The van der Waals surface area contributed by atoms with Crippen molar-refractivity contribution in [2.24, 2.45) is 0 Å². The Labute approximate surface area is 197 Å². The van der Waals surface area contributed by atoms with Gasteiger partial charge in [0.2, 0.25) is 5.91 Å². The fraction of sp³-hybridized carbons (Fsp3) is 0.280. The molecule has 0 aliphatic rings. The molecule has 4 rings (SSSR count). The number of fused-ring (bicyclic) bond motifs is 1. The number of hydrogen-bond donors (Lipinski definition) is 2. The molecular formula is C25H27N5O2S. The average molecular weight is 462 g/mol. The van der Waals surface area contributed by atoms with Gasteiger partial charge in [0.1, 0.15) is 0 Å². The Hall–Kier alpha value is -3.52. The molecule has 0 aliphatic heterocycles. The van der Waals surface area contributed by atoms with Crippen molar-refractivity contribution >= 4 is 34.7 Å². The van der Waals surface area contributed by atoms with E-state index in [0.717, 1.165) is 47.5 Å². The first-order valence-electron chi connectivity index (χ1n) is 11.1. The summed E-state index contributed by atoms with van der Waals surface area (Å²) in [5, 5.41) is 8.22. The van der Waals surface area contributed by atoms with E-state index in [1.54, 1.807) is 10.6 Å². The molecule has 0 fully saturated rings. The summed E-state index contributed by atoms with van der Waals surface area (Å²) < 4.78 is 3.87. The number of amides is 1. The number of H-pyrrole nitrogens is 1. The van der Waals surface area contributed by atoms with Gasteiger partial charge >= 0.3 is 0 Å². The third-order valence-corrected chi connectivity index (χ3v) is 6.05. The molecule has 0 aliphatic carbocycles. The molecule has 8 heteroatoms. The van der Waals surface area contributed by atoms with Crippen molar-refractivity contribution in [3.05, 3.63) is 81.1 Å². The highest BCUT2D eigenvalue weighted by Crippen LogP contribution is 2.23. The minimum absolute atomic E-state index is 0.0334. The molecule has 0 atom stereocenters. The van der Waals surface area contributed by atoms with Crippen molar-refractivity contribution in [1.82, 2.24) is 19.3 Å². The molecule has 2 aromatic carbocycles. The molecular weight excluding hydrogens is 434 g/mol. The minimum atomic E-state index is -0.0755. The summed E-state index contributed by atoms with van der Waals surface area (Å²) in [5.74, 6) is -0.0334. The topological polar surface area (TPSA) is 84.7 Å². The Morgan fingerprint density at radius 1 is 1.03 bits per heavy atom. The van der Waals surface area contributed by atoms with Crippen molar-refractivity contribution in [2.45, 2.75) is 46.1 Å². The number of anilines is 1. The number of nitrogens with zero attached hydrogens (tertiary/aromatic N) is 3. The van der Waals surface area contributed by atoms with Gasteiger partial charge in [0, 0.05) is 13.0 Å². The predicted molar refractivity (Wildman–Crippen MR) is 134 cm³/mol. The quantitative estimate of drug-likeness (QED) is 0.284. The van der Waals surface area contributed by atoms with E-state index in [4.69, 9.17) is 12.2 Å². The van der Waals surface area contributed by atoms with Crippen LogP contribution in [0.5, 0.6) is 0 Å². The zero-order valence-corrected chi connectivity index (χ0v) is 19.6. The van der Waals surface area contributed by atoms with Crippen LogP contribution in [0.15, 0.2) is 59.4 Å². The van der Waals surface area contributed by atoms with Crippen LogP contribution >= 0.6 is 12.2 Å². The van der Waals surface area contributed by atoms with E-state index in [2.05, 4.69) is 15.4 Å². The van der Waals surface area contributed by atoms with Gasteiger partial charge in [-0.25, -0.2) is 4.68 Å². The predicted octanol–water partition coefficient (Wildman–Crippen LogP) is 5.06. The van der Waals surface area contributed by atoms with Crippen LogP contribution in [0, 0.1) is 18.6 Å². The zero-order valence-electron chi connectivity index (χ0n) is 18.8. The maximum atomic E-state index is 12.7. The van der Waals surface area contributed by atoms with E-state index in [1.807, 2.05) is 67.1 Å². The van der Waals surface area contributed by atoms with Crippen molar-refractivity contribution in [3.8, 4) is 5.69 Å². The van der Waals surface area contributed by atoms with Crippen LogP contribution in [-0.4, -0.2) is 25.2 Å². The minimum Gasteiger partial charge on any atom is -0.332 e. The van der Waals surface area contributed by atoms with Crippen LogP contribution in [0.1, 0.15) is 37.1 Å². The third-order valence-electron chi connectivity index (χ3n) is 5.73. The van der Waals surface area contributed by atoms with E-state index >= 15 is 0 Å². The van der Waals surface area contributed by atoms with Gasteiger partial charge in [-0.3, -0.25) is 14.2 Å². The molecule has 0 unspecified atom stereocenters. The Morgan fingerprint density at radius 3 is 2.55 bits per heavy atom. The first-order valence-corrected chi connectivity index (χ1v) is 11.5. The molecule has 7 nitrogen and oxygen atoms in total. The van der Waals surface area contributed by atoms with E-state index < -0.39 is 0 Å². The summed E-state index contributed by atoms with van der Waals surface area (Å²) in [6, 6.07) is 17.2. The largest absolute Gasteiger partial charge is 0.332 e. The van der Waals surface area contributed by atoms with Crippen molar-refractivity contribution < 1.29 is 4.79 Å². The van der Waals surface area contributed by atoms with Crippen LogP contribution in [0.4, 0.5) is 5.69 Å². The lowest BCUT2D eigenvalue weighted by Crippen LogP contribution is -2.22. The molecule has 33 heavy (non-hydrogen) atoms.